The van der Waals surface area contributed by atoms with Crippen LogP contribution in [-0.2, 0) is 13.1 Å². The minimum atomic E-state index is -2.82. The first-order chi connectivity index (χ1) is 12.0. The molecule has 0 radical (unpaired) electrons. The Bertz CT molecular complexity index is 688. The summed E-state index contributed by atoms with van der Waals surface area (Å²) in [5.74, 6) is 1.81. The smallest absolute Gasteiger partial charge is 0.387 e. The third-order valence-electron chi connectivity index (χ3n) is 3.20. The van der Waals surface area contributed by atoms with Crippen molar-refractivity contribution in [3.63, 3.8) is 0 Å². The molecule has 0 atom stereocenters. The van der Waals surface area contributed by atoms with Crippen LogP contribution in [0.2, 0.25) is 0 Å². The standard InChI is InChI=1S/C16H21F2N5O2/c1-4-19-16(20-9-14-21-11(2)22-25-14)23(3)10-12-5-7-13(8-6-12)24-15(17)18/h5-8,15H,4,9-10H2,1-3H3,(H,19,20). The molecule has 1 heterocycles. The number of rotatable bonds is 7. The van der Waals surface area contributed by atoms with Crippen LogP contribution in [-0.4, -0.2) is 41.2 Å². The SMILES string of the molecule is CCNC(=NCc1nc(C)no1)N(C)Cc1ccc(OC(F)F)cc1. The molecular weight excluding hydrogens is 332 g/mol. The fraction of sp³-hybridized carbons (Fsp3) is 0.438. The minimum Gasteiger partial charge on any atom is -0.435 e. The zero-order chi connectivity index (χ0) is 18.2. The molecule has 9 heteroatoms. The third-order valence-corrected chi connectivity index (χ3v) is 3.20. The first kappa shape index (κ1) is 18.6. The van der Waals surface area contributed by atoms with Gasteiger partial charge in [-0.1, -0.05) is 17.3 Å². The van der Waals surface area contributed by atoms with Gasteiger partial charge in [0, 0.05) is 20.1 Å². The van der Waals surface area contributed by atoms with Gasteiger partial charge in [-0.3, -0.25) is 0 Å². The normalized spacial score (nSPS) is 11.7. The van der Waals surface area contributed by atoms with E-state index in [0.717, 1.165) is 5.56 Å². The van der Waals surface area contributed by atoms with Crippen LogP contribution in [0.3, 0.4) is 0 Å². The van der Waals surface area contributed by atoms with E-state index in [1.54, 1.807) is 19.1 Å². The molecule has 25 heavy (non-hydrogen) atoms. The van der Waals surface area contributed by atoms with Crippen molar-refractivity contribution in [3.8, 4) is 5.75 Å². The first-order valence-corrected chi connectivity index (χ1v) is 7.80. The molecule has 0 aliphatic heterocycles. The molecule has 0 bridgehead atoms. The lowest BCUT2D eigenvalue weighted by Gasteiger charge is -2.22. The number of nitrogens with one attached hydrogen (secondary N) is 1. The van der Waals surface area contributed by atoms with Gasteiger partial charge in [-0.25, -0.2) is 4.99 Å². The van der Waals surface area contributed by atoms with Crippen molar-refractivity contribution in [2.45, 2.75) is 33.5 Å². The van der Waals surface area contributed by atoms with Gasteiger partial charge in [0.2, 0.25) is 5.89 Å². The molecule has 1 aromatic heterocycles. The van der Waals surface area contributed by atoms with Crippen molar-refractivity contribution >= 4 is 5.96 Å². The number of nitrogens with zero attached hydrogens (tertiary/aromatic N) is 4. The number of guanidine groups is 1. The van der Waals surface area contributed by atoms with Gasteiger partial charge >= 0.3 is 6.61 Å². The zero-order valence-electron chi connectivity index (χ0n) is 14.4. The largest absolute Gasteiger partial charge is 0.435 e. The second-order valence-electron chi connectivity index (χ2n) is 5.28. The van der Waals surface area contributed by atoms with Crippen LogP contribution in [0.15, 0.2) is 33.8 Å². The Morgan fingerprint density at radius 3 is 2.64 bits per heavy atom. The molecule has 0 fully saturated rings. The van der Waals surface area contributed by atoms with E-state index in [0.29, 0.717) is 30.8 Å². The van der Waals surface area contributed by atoms with Crippen molar-refractivity contribution in [2.24, 2.45) is 4.99 Å². The average molecular weight is 353 g/mol. The summed E-state index contributed by atoms with van der Waals surface area (Å²) in [6, 6.07) is 6.50. The number of hydrogen-bond acceptors (Lipinski definition) is 5. The average Bonchev–Trinajstić information content (AvgIpc) is 2.98. The van der Waals surface area contributed by atoms with Crippen molar-refractivity contribution in [1.82, 2.24) is 20.4 Å². The molecule has 2 aromatic rings. The van der Waals surface area contributed by atoms with E-state index in [4.69, 9.17) is 4.52 Å². The molecule has 0 spiro atoms. The first-order valence-electron chi connectivity index (χ1n) is 7.80. The number of aromatic nitrogens is 2. The van der Waals surface area contributed by atoms with Crippen LogP contribution < -0.4 is 10.1 Å². The lowest BCUT2D eigenvalue weighted by molar-refractivity contribution is -0.0498. The summed E-state index contributed by atoms with van der Waals surface area (Å²) >= 11 is 0. The monoisotopic (exact) mass is 353 g/mol. The molecular formula is C16H21F2N5O2. The number of hydrogen-bond donors (Lipinski definition) is 1. The summed E-state index contributed by atoms with van der Waals surface area (Å²) in [7, 11) is 1.88. The number of ether oxygens (including phenoxy) is 1. The van der Waals surface area contributed by atoms with Gasteiger partial charge < -0.3 is 19.5 Å². The predicted octanol–water partition coefficient (Wildman–Crippen LogP) is 2.58. The van der Waals surface area contributed by atoms with E-state index in [9.17, 15) is 8.78 Å². The minimum absolute atomic E-state index is 0.133. The van der Waals surface area contributed by atoms with Gasteiger partial charge in [-0.15, -0.1) is 0 Å². The summed E-state index contributed by atoms with van der Waals surface area (Å²) in [6.07, 6.45) is 0. The Morgan fingerprint density at radius 2 is 2.08 bits per heavy atom. The quantitative estimate of drug-likeness (QED) is 0.609. The molecule has 0 aliphatic carbocycles. The molecule has 0 amide bonds. The maximum absolute atomic E-state index is 12.2. The fourth-order valence-electron chi connectivity index (χ4n) is 2.14. The number of aliphatic imine (C=N–C) groups is 1. The van der Waals surface area contributed by atoms with E-state index in [1.165, 1.54) is 12.1 Å². The van der Waals surface area contributed by atoms with Gasteiger partial charge in [-0.2, -0.15) is 13.8 Å². The van der Waals surface area contributed by atoms with E-state index < -0.39 is 6.61 Å². The third kappa shape index (κ3) is 6.02. The van der Waals surface area contributed by atoms with Crippen molar-refractivity contribution in [3.05, 3.63) is 41.5 Å². The highest BCUT2D eigenvalue weighted by molar-refractivity contribution is 5.79. The molecule has 1 N–H and O–H groups in total. The van der Waals surface area contributed by atoms with E-state index in [-0.39, 0.29) is 12.3 Å². The van der Waals surface area contributed by atoms with Gasteiger partial charge in [-0.05, 0) is 31.5 Å². The van der Waals surface area contributed by atoms with Gasteiger partial charge in [0.15, 0.2) is 11.8 Å². The molecule has 0 saturated carbocycles. The van der Waals surface area contributed by atoms with Crippen LogP contribution in [0.1, 0.15) is 24.2 Å². The molecule has 0 unspecified atom stereocenters. The molecule has 7 nitrogen and oxygen atoms in total. The number of benzene rings is 1. The Kier molecular flexibility index (Phi) is 6.67. The maximum Gasteiger partial charge on any atom is 0.387 e. The zero-order valence-corrected chi connectivity index (χ0v) is 14.4. The lowest BCUT2D eigenvalue weighted by atomic mass is 10.2. The predicted molar refractivity (Wildman–Crippen MR) is 88.4 cm³/mol. The summed E-state index contributed by atoms with van der Waals surface area (Å²) in [6.45, 7) is 2.41. The Hall–Kier alpha value is -2.71. The topological polar surface area (TPSA) is 75.8 Å². The van der Waals surface area contributed by atoms with E-state index >= 15 is 0 Å². The highest BCUT2D eigenvalue weighted by atomic mass is 19.3. The number of aryl methyl sites for hydroxylation is 1. The Balaban J connectivity index is 2.00. The molecule has 0 aliphatic rings. The van der Waals surface area contributed by atoms with Crippen LogP contribution in [0, 0.1) is 6.92 Å². The molecule has 2 rings (SSSR count). The Morgan fingerprint density at radius 1 is 1.36 bits per heavy atom. The summed E-state index contributed by atoms with van der Waals surface area (Å²) in [5.41, 5.74) is 0.934. The lowest BCUT2D eigenvalue weighted by Crippen LogP contribution is -2.38. The van der Waals surface area contributed by atoms with Crippen molar-refractivity contribution in [1.29, 1.82) is 0 Å². The van der Waals surface area contributed by atoms with E-state index in [2.05, 4.69) is 25.2 Å². The Labute approximate surface area is 144 Å². The summed E-state index contributed by atoms with van der Waals surface area (Å²) < 4.78 is 33.7. The highest BCUT2D eigenvalue weighted by Gasteiger charge is 2.09. The summed E-state index contributed by atoms with van der Waals surface area (Å²) in [4.78, 5) is 10.5. The van der Waals surface area contributed by atoms with Crippen LogP contribution in [0.25, 0.3) is 0 Å². The number of halogens is 2. The van der Waals surface area contributed by atoms with Crippen LogP contribution in [0.4, 0.5) is 8.78 Å². The van der Waals surface area contributed by atoms with Crippen LogP contribution in [0.5, 0.6) is 5.75 Å². The van der Waals surface area contributed by atoms with Gasteiger partial charge in [0.25, 0.3) is 0 Å². The maximum atomic E-state index is 12.2. The van der Waals surface area contributed by atoms with Crippen LogP contribution >= 0.6 is 0 Å². The van der Waals surface area contributed by atoms with E-state index in [1.807, 2.05) is 18.9 Å². The van der Waals surface area contributed by atoms with Crippen molar-refractivity contribution in [2.75, 3.05) is 13.6 Å². The summed E-state index contributed by atoms with van der Waals surface area (Å²) in [5, 5.41) is 6.91. The molecule has 1 aromatic carbocycles. The van der Waals surface area contributed by atoms with Gasteiger partial charge in [0.05, 0.1) is 0 Å². The highest BCUT2D eigenvalue weighted by Crippen LogP contribution is 2.15. The molecule has 136 valence electrons. The number of alkyl halides is 2. The second-order valence-corrected chi connectivity index (χ2v) is 5.28. The van der Waals surface area contributed by atoms with Crippen molar-refractivity contribution < 1.29 is 18.0 Å². The molecule has 0 saturated heterocycles. The second kappa shape index (κ2) is 8.95. The fourth-order valence-corrected chi connectivity index (χ4v) is 2.14. The van der Waals surface area contributed by atoms with Gasteiger partial charge in [0.1, 0.15) is 12.3 Å².